The second kappa shape index (κ2) is 17.9. The van der Waals surface area contributed by atoms with E-state index in [2.05, 4.69) is 12.2 Å². The zero-order valence-electron chi connectivity index (χ0n) is 21.2. The third-order valence-electron chi connectivity index (χ3n) is 5.36. The number of hydrogen-bond acceptors (Lipinski definition) is 5. The summed E-state index contributed by atoms with van der Waals surface area (Å²) < 4.78 is 23.0. The maximum atomic E-state index is 12.2. The van der Waals surface area contributed by atoms with Gasteiger partial charge in [0, 0.05) is 6.42 Å². The van der Waals surface area contributed by atoms with Gasteiger partial charge in [-0.3, -0.25) is 13.8 Å². The van der Waals surface area contributed by atoms with Crippen molar-refractivity contribution in [1.82, 2.24) is 5.32 Å². The predicted octanol–water partition coefficient (Wildman–Crippen LogP) is 4.39. The van der Waals surface area contributed by atoms with E-state index in [1.165, 1.54) is 32.1 Å². The molecule has 0 aromatic heterocycles. The molecule has 0 aromatic rings. The summed E-state index contributed by atoms with van der Waals surface area (Å²) in [6, 6.07) is -0.744. The number of rotatable bonds is 21. The van der Waals surface area contributed by atoms with Crippen LogP contribution >= 0.6 is 7.82 Å². The second-order valence-corrected chi connectivity index (χ2v) is 11.2. The molecular formula is C23H50N2O6P+. The first-order chi connectivity index (χ1) is 15.0. The number of quaternary nitrogens is 1. The zero-order chi connectivity index (χ0) is 24.5. The van der Waals surface area contributed by atoms with E-state index in [0.29, 0.717) is 23.9 Å². The van der Waals surface area contributed by atoms with Crippen LogP contribution in [0.25, 0.3) is 0 Å². The van der Waals surface area contributed by atoms with Crippen molar-refractivity contribution >= 4 is 13.7 Å². The zero-order valence-corrected chi connectivity index (χ0v) is 22.1. The van der Waals surface area contributed by atoms with Gasteiger partial charge in [0.15, 0.2) is 0 Å². The number of amides is 1. The predicted molar refractivity (Wildman–Crippen MR) is 129 cm³/mol. The summed E-state index contributed by atoms with van der Waals surface area (Å²) in [6.45, 7) is 4.56. The van der Waals surface area contributed by atoms with Gasteiger partial charge >= 0.3 is 7.82 Å². The number of nitrogens with zero attached hydrogens (tertiary/aromatic N) is 1. The highest BCUT2D eigenvalue weighted by atomic mass is 31.2. The summed E-state index contributed by atoms with van der Waals surface area (Å²) in [5.74, 6) is -0.186. The molecule has 0 saturated heterocycles. The molecule has 1 amide bonds. The first-order valence-corrected chi connectivity index (χ1v) is 13.9. The first kappa shape index (κ1) is 31.5. The van der Waals surface area contributed by atoms with Crippen molar-refractivity contribution in [3.05, 3.63) is 0 Å². The van der Waals surface area contributed by atoms with Gasteiger partial charge in [-0.1, -0.05) is 71.6 Å². The number of aliphatic hydroxyl groups is 1. The number of carbonyl (C=O) groups is 1. The van der Waals surface area contributed by atoms with Crippen LogP contribution in [-0.2, 0) is 18.4 Å². The molecule has 3 N–H and O–H groups in total. The Morgan fingerprint density at radius 3 is 2.06 bits per heavy atom. The molecule has 0 heterocycles. The molecule has 0 aliphatic carbocycles. The summed E-state index contributed by atoms with van der Waals surface area (Å²) in [5, 5.41) is 13.4. The number of unbranched alkanes of at least 4 members (excludes halogenated alkanes) is 8. The molecule has 0 rings (SSSR count). The second-order valence-electron chi connectivity index (χ2n) is 9.72. The third kappa shape index (κ3) is 19.0. The Morgan fingerprint density at radius 2 is 1.50 bits per heavy atom. The fraction of sp³-hybridized carbons (Fsp3) is 0.957. The summed E-state index contributed by atoms with van der Waals surface area (Å²) in [5.41, 5.74) is 0. The minimum absolute atomic E-state index is 0.0750. The summed E-state index contributed by atoms with van der Waals surface area (Å²) in [6.07, 6.45) is 10.9. The first-order valence-electron chi connectivity index (χ1n) is 12.4. The van der Waals surface area contributed by atoms with Crippen LogP contribution in [0.15, 0.2) is 0 Å². The maximum absolute atomic E-state index is 12.2. The number of carbonyl (C=O) groups excluding carboxylic acids is 1. The van der Waals surface area contributed by atoms with Crippen LogP contribution in [0.2, 0.25) is 0 Å². The molecule has 0 aliphatic rings. The molecule has 3 atom stereocenters. The van der Waals surface area contributed by atoms with Crippen LogP contribution < -0.4 is 5.32 Å². The van der Waals surface area contributed by atoms with Gasteiger partial charge in [-0.15, -0.1) is 0 Å². The van der Waals surface area contributed by atoms with Crippen LogP contribution in [-0.4, -0.2) is 73.4 Å². The lowest BCUT2D eigenvalue weighted by Crippen LogP contribution is -2.46. The minimum Gasteiger partial charge on any atom is -0.391 e. The summed E-state index contributed by atoms with van der Waals surface area (Å²) in [4.78, 5) is 22.1. The third-order valence-corrected chi connectivity index (χ3v) is 6.34. The SMILES string of the molecule is CCCCCCCCCCC(O)C(COP(=O)(O)OCC[N+](C)(C)C)NC(=O)CCCC. The normalized spacial score (nSPS) is 15.8. The molecule has 0 aromatic carbocycles. The number of phosphoric ester groups is 1. The van der Waals surface area contributed by atoms with Gasteiger partial charge in [0.2, 0.25) is 5.91 Å². The van der Waals surface area contributed by atoms with Gasteiger partial charge in [0.1, 0.15) is 13.2 Å². The average molecular weight is 482 g/mol. The van der Waals surface area contributed by atoms with Crippen LogP contribution in [0.3, 0.4) is 0 Å². The number of hydrogen-bond donors (Lipinski definition) is 3. The van der Waals surface area contributed by atoms with E-state index < -0.39 is 20.0 Å². The molecule has 0 fully saturated rings. The van der Waals surface area contributed by atoms with Crippen LogP contribution in [0.5, 0.6) is 0 Å². The number of likely N-dealkylation sites (N-methyl/N-ethyl adjacent to an activating group) is 1. The highest BCUT2D eigenvalue weighted by Crippen LogP contribution is 2.43. The molecule has 0 aliphatic heterocycles. The monoisotopic (exact) mass is 481 g/mol. The van der Waals surface area contributed by atoms with Crippen molar-refractivity contribution in [3.63, 3.8) is 0 Å². The van der Waals surface area contributed by atoms with Crippen LogP contribution in [0.4, 0.5) is 0 Å². The van der Waals surface area contributed by atoms with Crippen LogP contribution in [0, 0.1) is 0 Å². The van der Waals surface area contributed by atoms with Gasteiger partial charge in [0.25, 0.3) is 0 Å². The molecule has 192 valence electrons. The Kier molecular flexibility index (Phi) is 17.6. The lowest BCUT2D eigenvalue weighted by atomic mass is 10.0. The molecular weight excluding hydrogens is 431 g/mol. The average Bonchev–Trinajstić information content (AvgIpc) is 2.70. The highest BCUT2D eigenvalue weighted by molar-refractivity contribution is 7.47. The Labute approximate surface area is 196 Å². The molecule has 3 unspecified atom stereocenters. The van der Waals surface area contributed by atoms with E-state index >= 15 is 0 Å². The van der Waals surface area contributed by atoms with Gasteiger partial charge in [-0.25, -0.2) is 4.57 Å². The van der Waals surface area contributed by atoms with Crippen molar-refractivity contribution in [1.29, 1.82) is 0 Å². The molecule has 0 bridgehead atoms. The molecule has 8 nitrogen and oxygen atoms in total. The smallest absolute Gasteiger partial charge is 0.391 e. The van der Waals surface area contributed by atoms with E-state index in [4.69, 9.17) is 9.05 Å². The van der Waals surface area contributed by atoms with Gasteiger partial charge < -0.3 is 19.8 Å². The van der Waals surface area contributed by atoms with E-state index in [9.17, 15) is 19.4 Å². The molecule has 0 saturated carbocycles. The van der Waals surface area contributed by atoms with Crippen molar-refractivity contribution in [2.45, 2.75) is 103 Å². The number of nitrogens with one attached hydrogen (secondary N) is 1. The Bertz CT molecular complexity index is 527. The standard InChI is InChI=1S/C23H49N2O6P/c1-6-8-10-11-12-13-14-15-16-22(26)21(24-23(27)17-9-7-2)20-31-32(28,29)30-19-18-25(3,4)5/h21-22,26H,6-20H2,1-5H3,(H-,24,27,28,29)/p+1. The molecule has 32 heavy (non-hydrogen) atoms. The Hall–Kier alpha value is -0.500. The van der Waals surface area contributed by atoms with E-state index in [1.54, 1.807) is 0 Å². The van der Waals surface area contributed by atoms with Crippen molar-refractivity contribution in [2.24, 2.45) is 0 Å². The fourth-order valence-corrected chi connectivity index (χ4v) is 3.93. The fourth-order valence-electron chi connectivity index (χ4n) is 3.20. The number of aliphatic hydroxyl groups excluding tert-OH is 1. The van der Waals surface area contributed by atoms with E-state index in [0.717, 1.165) is 32.1 Å². The minimum atomic E-state index is -4.26. The van der Waals surface area contributed by atoms with Gasteiger partial charge in [0.05, 0.1) is 39.9 Å². The van der Waals surface area contributed by atoms with Crippen molar-refractivity contribution in [3.8, 4) is 0 Å². The highest BCUT2D eigenvalue weighted by Gasteiger charge is 2.28. The largest absolute Gasteiger partial charge is 0.472 e. The summed E-state index contributed by atoms with van der Waals surface area (Å²) in [7, 11) is 1.60. The molecule has 0 spiro atoms. The maximum Gasteiger partial charge on any atom is 0.472 e. The van der Waals surface area contributed by atoms with Crippen LogP contribution in [0.1, 0.15) is 90.9 Å². The Balaban J connectivity index is 4.55. The summed E-state index contributed by atoms with van der Waals surface area (Å²) >= 11 is 0. The number of phosphoric acid groups is 1. The lowest BCUT2D eigenvalue weighted by Gasteiger charge is -2.26. The quantitative estimate of drug-likeness (QED) is 0.128. The van der Waals surface area contributed by atoms with E-state index in [1.807, 2.05) is 28.1 Å². The van der Waals surface area contributed by atoms with E-state index in [-0.39, 0.29) is 19.1 Å². The topological polar surface area (TPSA) is 105 Å². The molecule has 9 heteroatoms. The lowest BCUT2D eigenvalue weighted by molar-refractivity contribution is -0.870. The van der Waals surface area contributed by atoms with Crippen molar-refractivity contribution < 1.29 is 32.9 Å². The Morgan fingerprint density at radius 1 is 0.938 bits per heavy atom. The van der Waals surface area contributed by atoms with Gasteiger partial charge in [-0.05, 0) is 12.8 Å². The van der Waals surface area contributed by atoms with Crippen molar-refractivity contribution in [2.75, 3.05) is 40.9 Å². The van der Waals surface area contributed by atoms with Gasteiger partial charge in [-0.2, -0.15) is 0 Å². The molecule has 0 radical (unpaired) electrons.